The molecule has 0 spiro atoms. The van der Waals surface area contributed by atoms with Crippen LogP contribution in [0, 0.1) is 0 Å². The minimum absolute atomic E-state index is 0.0413. The van der Waals surface area contributed by atoms with Gasteiger partial charge in [-0.1, -0.05) is 12.1 Å². The number of aromatic nitrogens is 2. The van der Waals surface area contributed by atoms with Crippen LogP contribution in [-0.4, -0.2) is 60.6 Å². The highest BCUT2D eigenvalue weighted by Crippen LogP contribution is 2.30. The second-order valence-corrected chi connectivity index (χ2v) is 10.4. The summed E-state index contributed by atoms with van der Waals surface area (Å²) >= 11 is 4.83. The Morgan fingerprint density at radius 3 is 2.66 bits per heavy atom. The molecule has 2 rings (SSSR count). The Balaban J connectivity index is 2.50. The molecule has 0 bridgehead atoms. The van der Waals surface area contributed by atoms with Crippen LogP contribution in [0.15, 0.2) is 44.3 Å². The Bertz CT molecular complexity index is 1160. The van der Waals surface area contributed by atoms with E-state index in [1.807, 2.05) is 0 Å². The largest absolute Gasteiger partial charge is 0.453 e. The number of carbonyl (C=O) groups is 1. The summed E-state index contributed by atoms with van der Waals surface area (Å²) in [6.07, 6.45) is -2.13. The lowest BCUT2D eigenvalue weighted by Crippen LogP contribution is -2.24. The minimum atomic E-state index is -4.87. The third-order valence-electron chi connectivity index (χ3n) is 3.60. The number of carbonyl (C=O) groups excluding carboxylic acids is 1. The summed E-state index contributed by atoms with van der Waals surface area (Å²) in [6.45, 7) is -0.589. The van der Waals surface area contributed by atoms with Gasteiger partial charge in [0.15, 0.2) is 15.7 Å². The molecule has 0 fully saturated rings. The average molecular weight is 573 g/mol. The number of esters is 1. The first-order valence-corrected chi connectivity index (χ1v) is 13.3. The predicted octanol–water partition coefficient (Wildman–Crippen LogP) is 3.39. The SMILES string of the molecule is CSCOC(=O)CN=C(C(Br)=C(N)C(F)(F)F)c1nsc(-c2cccc(S(C)(=O)=O)c2)n1. The van der Waals surface area contributed by atoms with Crippen LogP contribution in [0.4, 0.5) is 13.2 Å². The van der Waals surface area contributed by atoms with Gasteiger partial charge in [-0.2, -0.15) is 17.5 Å². The fourth-order valence-electron chi connectivity index (χ4n) is 2.10. The minimum Gasteiger partial charge on any atom is -0.453 e. The van der Waals surface area contributed by atoms with Gasteiger partial charge >= 0.3 is 12.1 Å². The highest BCUT2D eigenvalue weighted by Gasteiger charge is 2.36. The van der Waals surface area contributed by atoms with Crippen LogP contribution in [0.3, 0.4) is 0 Å². The van der Waals surface area contributed by atoms with E-state index in [1.54, 1.807) is 12.3 Å². The second kappa shape index (κ2) is 10.8. The molecule has 1 aromatic carbocycles. The van der Waals surface area contributed by atoms with Crippen molar-refractivity contribution in [1.29, 1.82) is 0 Å². The van der Waals surface area contributed by atoms with Gasteiger partial charge in [-0.15, -0.1) is 11.8 Å². The zero-order valence-corrected chi connectivity index (χ0v) is 20.5. The van der Waals surface area contributed by atoms with Crippen LogP contribution in [0.5, 0.6) is 0 Å². The highest BCUT2D eigenvalue weighted by atomic mass is 79.9. The van der Waals surface area contributed by atoms with Crippen molar-refractivity contribution >= 4 is 60.7 Å². The molecule has 0 aliphatic carbocycles. The number of nitrogens with two attached hydrogens (primary N) is 1. The molecule has 1 heterocycles. The first kappa shape index (κ1) is 26.3. The highest BCUT2D eigenvalue weighted by molar-refractivity contribution is 9.12. The van der Waals surface area contributed by atoms with Crippen molar-refractivity contribution in [3.8, 4) is 10.6 Å². The van der Waals surface area contributed by atoms with Gasteiger partial charge in [0, 0.05) is 11.8 Å². The fraction of sp³-hybridized carbons (Fsp3) is 0.294. The van der Waals surface area contributed by atoms with Gasteiger partial charge in [0.2, 0.25) is 0 Å². The maximum Gasteiger partial charge on any atom is 0.431 e. The molecule has 174 valence electrons. The van der Waals surface area contributed by atoms with Gasteiger partial charge in [-0.05, 0) is 45.9 Å². The molecule has 32 heavy (non-hydrogen) atoms. The van der Waals surface area contributed by atoms with Crippen molar-refractivity contribution in [1.82, 2.24) is 9.36 Å². The Morgan fingerprint density at radius 2 is 2.06 bits per heavy atom. The van der Waals surface area contributed by atoms with Gasteiger partial charge < -0.3 is 10.5 Å². The third-order valence-corrected chi connectivity index (χ3v) is 6.63. The van der Waals surface area contributed by atoms with Gasteiger partial charge in [0.25, 0.3) is 0 Å². The van der Waals surface area contributed by atoms with Gasteiger partial charge in [0.1, 0.15) is 28.9 Å². The van der Waals surface area contributed by atoms with Gasteiger partial charge in [-0.3, -0.25) is 9.79 Å². The molecule has 2 aromatic rings. The summed E-state index contributed by atoms with van der Waals surface area (Å²) < 4.78 is 71.1. The van der Waals surface area contributed by atoms with E-state index in [9.17, 15) is 26.4 Å². The number of rotatable bonds is 8. The Morgan fingerprint density at radius 1 is 1.38 bits per heavy atom. The molecule has 15 heteroatoms. The van der Waals surface area contributed by atoms with E-state index in [1.165, 1.54) is 30.0 Å². The number of thioether (sulfide) groups is 1. The number of halogens is 4. The van der Waals surface area contributed by atoms with Crippen molar-refractivity contribution in [2.24, 2.45) is 10.7 Å². The standard InChI is InChI=1S/C17H16BrF3N4O4S3/c1-30-8-29-11(26)7-23-13(12(18)14(22)17(19,20)21)15-24-16(31-25-15)9-4-3-5-10(6-9)32(2,27)28/h3-6H,7-8,22H2,1-2H3. The molecule has 0 radical (unpaired) electrons. The van der Waals surface area contributed by atoms with E-state index in [2.05, 4.69) is 30.3 Å². The zero-order chi connectivity index (χ0) is 24.1. The molecule has 0 unspecified atom stereocenters. The van der Waals surface area contributed by atoms with E-state index in [4.69, 9.17) is 10.5 Å². The number of ether oxygens (including phenoxy) is 1. The van der Waals surface area contributed by atoms with Gasteiger partial charge in [0.05, 0.1) is 9.38 Å². The molecule has 1 aromatic heterocycles. The van der Waals surface area contributed by atoms with E-state index in [-0.39, 0.29) is 21.7 Å². The number of benzene rings is 1. The van der Waals surface area contributed by atoms with Crippen LogP contribution in [0.1, 0.15) is 5.82 Å². The molecule has 8 nitrogen and oxygen atoms in total. The molecule has 0 amide bonds. The normalized spacial score (nSPS) is 13.6. The number of sulfone groups is 1. The van der Waals surface area contributed by atoms with Crippen LogP contribution in [0.25, 0.3) is 10.6 Å². The van der Waals surface area contributed by atoms with E-state index in [0.717, 1.165) is 17.8 Å². The molecule has 0 aliphatic heterocycles. The van der Waals surface area contributed by atoms with Crippen molar-refractivity contribution < 1.29 is 31.1 Å². The third kappa shape index (κ3) is 7.02. The maximum atomic E-state index is 13.1. The van der Waals surface area contributed by atoms with Crippen LogP contribution in [0.2, 0.25) is 0 Å². The monoisotopic (exact) mass is 572 g/mol. The summed E-state index contributed by atoms with van der Waals surface area (Å²) in [5, 5.41) is 0.231. The van der Waals surface area contributed by atoms with Crippen LogP contribution < -0.4 is 5.73 Å². The van der Waals surface area contributed by atoms with Crippen molar-refractivity contribution in [3.05, 3.63) is 40.3 Å². The number of alkyl halides is 3. The molecular formula is C17H16BrF3N4O4S3. The van der Waals surface area contributed by atoms with E-state index >= 15 is 0 Å². The maximum absolute atomic E-state index is 13.1. The smallest absolute Gasteiger partial charge is 0.431 e. The van der Waals surface area contributed by atoms with Crippen molar-refractivity contribution in [2.75, 3.05) is 25.0 Å². The van der Waals surface area contributed by atoms with Crippen molar-refractivity contribution in [3.63, 3.8) is 0 Å². The Kier molecular flexibility index (Phi) is 8.84. The number of hydrogen-bond acceptors (Lipinski definition) is 10. The summed E-state index contributed by atoms with van der Waals surface area (Å²) in [5.41, 5.74) is 3.70. The summed E-state index contributed by atoms with van der Waals surface area (Å²) in [4.78, 5) is 19.9. The lowest BCUT2D eigenvalue weighted by Gasteiger charge is -2.10. The average Bonchev–Trinajstić information content (AvgIpc) is 3.20. The first-order chi connectivity index (χ1) is 14.8. The van der Waals surface area contributed by atoms with Gasteiger partial charge in [-0.25, -0.2) is 13.4 Å². The topological polar surface area (TPSA) is 125 Å². The summed E-state index contributed by atoms with van der Waals surface area (Å²) in [7, 11) is -3.49. The summed E-state index contributed by atoms with van der Waals surface area (Å²) in [5.74, 6) is -0.938. The Hall–Kier alpha value is -1.97. The lowest BCUT2D eigenvalue weighted by atomic mass is 10.2. The number of hydrogen-bond donors (Lipinski definition) is 1. The molecule has 0 atom stereocenters. The predicted molar refractivity (Wildman–Crippen MR) is 121 cm³/mol. The molecular weight excluding hydrogens is 557 g/mol. The zero-order valence-electron chi connectivity index (χ0n) is 16.5. The van der Waals surface area contributed by atoms with Crippen LogP contribution in [-0.2, 0) is 19.4 Å². The first-order valence-electron chi connectivity index (χ1n) is 8.41. The quantitative estimate of drug-likeness (QED) is 0.290. The van der Waals surface area contributed by atoms with Crippen LogP contribution >= 0.6 is 39.2 Å². The van der Waals surface area contributed by atoms with E-state index in [0.29, 0.717) is 5.56 Å². The molecule has 0 saturated carbocycles. The number of nitrogens with zero attached hydrogens (tertiary/aromatic N) is 3. The van der Waals surface area contributed by atoms with Crippen molar-refractivity contribution in [2.45, 2.75) is 11.1 Å². The fourth-order valence-corrected chi connectivity index (χ4v) is 4.20. The Labute approximate surface area is 198 Å². The lowest BCUT2D eigenvalue weighted by molar-refractivity contribution is -0.139. The molecule has 2 N–H and O–H groups in total. The number of aliphatic imine (C=N–C) groups is 1. The van der Waals surface area contributed by atoms with E-state index < -0.39 is 44.4 Å². The molecule has 0 saturated heterocycles. The second-order valence-electron chi connectivity index (χ2n) is 6.04. The number of allylic oxidation sites excluding steroid dienone is 2. The summed E-state index contributed by atoms with van der Waals surface area (Å²) in [6, 6.07) is 5.84. The molecule has 0 aliphatic rings.